The number of benzene rings is 1. The number of halogens is 1. The van der Waals surface area contributed by atoms with Gasteiger partial charge in [0.05, 0.1) is 23.1 Å². The smallest absolute Gasteiger partial charge is 0.283 e. The van der Waals surface area contributed by atoms with Gasteiger partial charge in [-0.05, 0) is 32.9 Å². The number of hydrogen-bond donors (Lipinski definition) is 1. The maximum Gasteiger partial charge on any atom is 0.283 e. The van der Waals surface area contributed by atoms with Gasteiger partial charge >= 0.3 is 0 Å². The molecule has 1 heterocycles. The highest BCUT2D eigenvalue weighted by Crippen LogP contribution is 2.32. The Balaban J connectivity index is 2.74. The van der Waals surface area contributed by atoms with Crippen molar-refractivity contribution in [1.82, 2.24) is 14.8 Å². The van der Waals surface area contributed by atoms with Gasteiger partial charge in [0.2, 0.25) is 0 Å². The summed E-state index contributed by atoms with van der Waals surface area (Å²) in [5.74, 6) is 0.136. The molecule has 2 rings (SSSR count). The number of nitro groups is 1. The summed E-state index contributed by atoms with van der Waals surface area (Å²) in [4.78, 5) is 10.5. The van der Waals surface area contributed by atoms with Gasteiger partial charge in [-0.15, -0.1) is 10.2 Å². The Hall–Kier alpha value is -2.35. The van der Waals surface area contributed by atoms with Gasteiger partial charge < -0.3 is 10.3 Å². The van der Waals surface area contributed by atoms with Gasteiger partial charge in [-0.3, -0.25) is 10.1 Å². The second-order valence-corrected chi connectivity index (χ2v) is 5.57. The Morgan fingerprint density at radius 2 is 2.05 bits per heavy atom. The van der Waals surface area contributed by atoms with Gasteiger partial charge in [-0.25, -0.2) is 4.39 Å². The zero-order chi connectivity index (χ0) is 15.8. The van der Waals surface area contributed by atoms with Crippen LogP contribution in [0.15, 0.2) is 18.2 Å². The Kier molecular flexibility index (Phi) is 3.73. The third-order valence-corrected chi connectivity index (χ3v) is 2.98. The molecule has 0 aliphatic rings. The molecule has 0 saturated heterocycles. The van der Waals surface area contributed by atoms with E-state index in [1.807, 2.05) is 20.8 Å². The normalized spacial score (nSPS) is 11.7. The van der Waals surface area contributed by atoms with E-state index in [2.05, 4.69) is 10.2 Å². The molecule has 2 N–H and O–H groups in total. The maximum absolute atomic E-state index is 13.3. The molecule has 112 valence electrons. The van der Waals surface area contributed by atoms with Crippen LogP contribution < -0.4 is 5.73 Å². The van der Waals surface area contributed by atoms with Crippen LogP contribution in [0.2, 0.25) is 0 Å². The van der Waals surface area contributed by atoms with Gasteiger partial charge in [0, 0.05) is 5.54 Å². The summed E-state index contributed by atoms with van der Waals surface area (Å²) in [6, 6.07) is 3.37. The van der Waals surface area contributed by atoms with E-state index in [0.29, 0.717) is 11.6 Å². The number of rotatable bonds is 3. The summed E-state index contributed by atoms with van der Waals surface area (Å²) < 4.78 is 15.0. The predicted molar refractivity (Wildman–Crippen MR) is 75.0 cm³/mol. The van der Waals surface area contributed by atoms with Gasteiger partial charge in [0.1, 0.15) is 11.6 Å². The molecule has 21 heavy (non-hydrogen) atoms. The van der Waals surface area contributed by atoms with Crippen molar-refractivity contribution >= 4 is 5.69 Å². The summed E-state index contributed by atoms with van der Waals surface area (Å²) in [6.45, 7) is 5.89. The largest absolute Gasteiger partial charge is 0.324 e. The second kappa shape index (κ2) is 5.21. The van der Waals surface area contributed by atoms with E-state index >= 15 is 0 Å². The molecule has 0 unspecified atom stereocenters. The van der Waals surface area contributed by atoms with E-state index in [9.17, 15) is 14.5 Å². The zero-order valence-corrected chi connectivity index (χ0v) is 12.0. The first-order chi connectivity index (χ1) is 9.75. The third-order valence-electron chi connectivity index (χ3n) is 2.98. The topological polar surface area (TPSA) is 99.9 Å². The lowest BCUT2D eigenvalue weighted by atomic mass is 10.1. The SMILES string of the molecule is CC(C)(C)n1c(CN)nnc1-c1ccc(F)cc1[N+](=O)[O-]. The van der Waals surface area contributed by atoms with Crippen LogP contribution in [0.5, 0.6) is 0 Å². The molecule has 0 fully saturated rings. The molecular weight excluding hydrogens is 277 g/mol. The molecule has 7 nitrogen and oxygen atoms in total. The van der Waals surface area contributed by atoms with E-state index in [1.165, 1.54) is 6.07 Å². The van der Waals surface area contributed by atoms with E-state index in [0.717, 1.165) is 12.1 Å². The van der Waals surface area contributed by atoms with E-state index in [-0.39, 0.29) is 17.8 Å². The Morgan fingerprint density at radius 3 is 2.57 bits per heavy atom. The molecule has 0 amide bonds. The van der Waals surface area contributed by atoms with Crippen molar-refractivity contribution in [1.29, 1.82) is 0 Å². The molecular formula is C13H16FN5O2. The summed E-state index contributed by atoms with van der Waals surface area (Å²) in [5, 5.41) is 19.1. The second-order valence-electron chi connectivity index (χ2n) is 5.57. The number of aromatic nitrogens is 3. The summed E-state index contributed by atoms with van der Waals surface area (Å²) in [7, 11) is 0. The first kappa shape index (κ1) is 15.0. The molecule has 0 atom stereocenters. The number of nitro benzene ring substituents is 1. The third kappa shape index (κ3) is 2.75. The lowest BCUT2D eigenvalue weighted by molar-refractivity contribution is -0.384. The molecule has 0 aliphatic heterocycles. The van der Waals surface area contributed by atoms with Crippen LogP contribution >= 0.6 is 0 Å². The molecule has 1 aromatic carbocycles. The lowest BCUT2D eigenvalue weighted by Gasteiger charge is -2.24. The highest BCUT2D eigenvalue weighted by Gasteiger charge is 2.27. The van der Waals surface area contributed by atoms with Crippen molar-refractivity contribution in [3.8, 4) is 11.4 Å². The van der Waals surface area contributed by atoms with Crippen LogP contribution in [-0.2, 0) is 12.1 Å². The van der Waals surface area contributed by atoms with E-state index in [4.69, 9.17) is 5.73 Å². The van der Waals surface area contributed by atoms with Crippen molar-refractivity contribution in [2.24, 2.45) is 5.73 Å². The van der Waals surface area contributed by atoms with Crippen LogP contribution in [0.4, 0.5) is 10.1 Å². The van der Waals surface area contributed by atoms with Crippen LogP contribution in [-0.4, -0.2) is 19.7 Å². The van der Waals surface area contributed by atoms with Crippen molar-refractivity contribution in [3.05, 3.63) is 40.0 Å². The van der Waals surface area contributed by atoms with Crippen molar-refractivity contribution in [2.75, 3.05) is 0 Å². The van der Waals surface area contributed by atoms with Gasteiger partial charge in [0.25, 0.3) is 5.69 Å². The van der Waals surface area contributed by atoms with Crippen molar-refractivity contribution < 1.29 is 9.31 Å². The predicted octanol–water partition coefficient (Wildman–Crippen LogP) is 2.21. The van der Waals surface area contributed by atoms with Gasteiger partial charge in [0.15, 0.2) is 5.82 Å². The molecule has 0 bridgehead atoms. The molecule has 8 heteroatoms. The van der Waals surface area contributed by atoms with Gasteiger partial charge in [-0.1, -0.05) is 0 Å². The minimum atomic E-state index is -0.675. The fourth-order valence-corrected chi connectivity index (χ4v) is 2.17. The van der Waals surface area contributed by atoms with Crippen LogP contribution in [0.1, 0.15) is 26.6 Å². The van der Waals surface area contributed by atoms with Crippen molar-refractivity contribution in [3.63, 3.8) is 0 Å². The number of nitrogens with two attached hydrogens (primary N) is 1. The van der Waals surface area contributed by atoms with E-state index in [1.54, 1.807) is 4.57 Å². The fraction of sp³-hybridized carbons (Fsp3) is 0.385. The van der Waals surface area contributed by atoms with Crippen LogP contribution in [0, 0.1) is 15.9 Å². The highest BCUT2D eigenvalue weighted by atomic mass is 19.1. The number of hydrogen-bond acceptors (Lipinski definition) is 5. The standard InChI is InChI=1S/C13H16FN5O2/c1-13(2,3)18-11(7-15)16-17-12(18)9-5-4-8(14)6-10(9)19(20)21/h4-6H,7,15H2,1-3H3. The Labute approximate surface area is 120 Å². The van der Waals surface area contributed by atoms with Crippen molar-refractivity contribution in [2.45, 2.75) is 32.9 Å². The molecule has 0 saturated carbocycles. The van der Waals surface area contributed by atoms with Crippen LogP contribution in [0.3, 0.4) is 0 Å². The van der Waals surface area contributed by atoms with E-state index < -0.39 is 16.3 Å². The summed E-state index contributed by atoms with van der Waals surface area (Å²) >= 11 is 0. The average Bonchev–Trinajstić information content (AvgIpc) is 2.82. The molecule has 0 aliphatic carbocycles. The summed E-state index contributed by atoms with van der Waals surface area (Å²) in [5.41, 5.74) is 5.08. The highest BCUT2D eigenvalue weighted by molar-refractivity contribution is 5.68. The molecule has 0 radical (unpaired) electrons. The molecule has 2 aromatic rings. The first-order valence-electron chi connectivity index (χ1n) is 6.35. The fourth-order valence-electron chi connectivity index (χ4n) is 2.17. The first-order valence-corrected chi connectivity index (χ1v) is 6.35. The lowest BCUT2D eigenvalue weighted by Crippen LogP contribution is -2.26. The monoisotopic (exact) mass is 293 g/mol. The Morgan fingerprint density at radius 1 is 1.38 bits per heavy atom. The van der Waals surface area contributed by atoms with Gasteiger partial charge in [-0.2, -0.15) is 0 Å². The minimum absolute atomic E-state index is 0.152. The summed E-state index contributed by atoms with van der Waals surface area (Å²) in [6.07, 6.45) is 0. The Bertz CT molecular complexity index is 690. The average molecular weight is 293 g/mol. The maximum atomic E-state index is 13.3. The molecule has 0 spiro atoms. The quantitative estimate of drug-likeness (QED) is 0.690. The number of nitrogens with zero attached hydrogens (tertiary/aromatic N) is 4. The minimum Gasteiger partial charge on any atom is -0.324 e. The van der Waals surface area contributed by atoms with Crippen LogP contribution in [0.25, 0.3) is 11.4 Å². The zero-order valence-electron chi connectivity index (χ0n) is 12.0. The molecule has 1 aromatic heterocycles.